The molecule has 0 amide bonds. The summed E-state index contributed by atoms with van der Waals surface area (Å²) in [5, 5.41) is 0. The van der Waals surface area contributed by atoms with Crippen molar-refractivity contribution >= 4 is 68.6 Å². The van der Waals surface area contributed by atoms with Crippen LogP contribution in [0.4, 0.5) is 0 Å². The van der Waals surface area contributed by atoms with Crippen LogP contribution in [0.3, 0.4) is 0 Å². The van der Waals surface area contributed by atoms with Crippen molar-refractivity contribution in [2.24, 2.45) is 17.8 Å². The molecule has 0 N–H and O–H groups in total. The molecule has 10 nitrogen and oxygen atoms in total. The smallest absolute Gasteiger partial charge is 0.657 e. The third-order valence-electron chi connectivity index (χ3n) is 14.8. The molecule has 0 unspecified atom stereocenters. The number of aryl methyl sites for hydroxylation is 2. The Morgan fingerprint density at radius 3 is 2.00 bits per heavy atom. The normalized spacial score (nSPS) is 20.0. The van der Waals surface area contributed by atoms with Crippen molar-refractivity contribution in [2.45, 2.75) is 183 Å². The summed E-state index contributed by atoms with van der Waals surface area (Å²) in [6.07, 6.45) is 14.5. The van der Waals surface area contributed by atoms with Gasteiger partial charge in [-0.15, -0.1) is 22.1 Å². The standard InChI is InChI=1S/C55H75N4O6.Mg/c1-13-39-34(7)41-29-46-48(38(11)60)36(9)43(57-46)27-42-35(8)40(52(58-42)50-51(55(63)64-12)54(62)49-37(10)44(59-53(49)50)28-45(39)56-41)23-24-47(61)65-26-25-33(6)22-16-21-32(5)20-15-19-31(4)18-14-17-30(2)3;/h25,27-32,34-35,39-40,51H,13-24,26H2,1-12H3,(H-,56,57,58,59,60,62);/q-1;+2/p-1/b33-25+;/t31-,32-,34-,35+,39-,40+,51-;/m1./s1. The fourth-order valence-corrected chi connectivity index (χ4v) is 10.6. The Kier molecular flexibility index (Phi) is 18.6. The molecule has 0 aromatic carbocycles. The van der Waals surface area contributed by atoms with E-state index in [2.05, 4.69) is 48.5 Å². The summed E-state index contributed by atoms with van der Waals surface area (Å²) in [4.78, 5) is 75.0. The van der Waals surface area contributed by atoms with Crippen molar-refractivity contribution in [3.63, 3.8) is 0 Å². The molecular formula is C55H74MgN4O6. The van der Waals surface area contributed by atoms with Crippen LogP contribution in [0, 0.1) is 31.6 Å². The Bertz CT molecular complexity index is 2460. The summed E-state index contributed by atoms with van der Waals surface area (Å²) in [7, 11) is 1.28. The number of Topliss-reactive ketones (excluding diaryl/α,β-unsaturated/α-hetero) is 2. The van der Waals surface area contributed by atoms with Crippen molar-refractivity contribution in [1.29, 1.82) is 0 Å². The molecule has 3 aromatic rings. The molecule has 6 rings (SSSR count). The van der Waals surface area contributed by atoms with Gasteiger partial charge >= 0.3 is 35.0 Å². The molecule has 11 heteroatoms. The number of nitrogens with zero attached hydrogens (tertiary/aromatic N) is 4. The average molecular weight is 912 g/mol. The fourth-order valence-electron chi connectivity index (χ4n) is 10.6. The summed E-state index contributed by atoms with van der Waals surface area (Å²) >= 11 is 0. The quantitative estimate of drug-likeness (QED) is 0.0354. The molecule has 1 aliphatic carbocycles. The minimum Gasteiger partial charge on any atom is -0.657 e. The molecule has 7 atom stereocenters. The van der Waals surface area contributed by atoms with E-state index in [1.54, 1.807) is 6.92 Å². The first kappa shape index (κ1) is 52.9. The fraction of sp³-hybridized carbons (Fsp3) is 0.600. The molecule has 0 spiro atoms. The predicted molar refractivity (Wildman–Crippen MR) is 265 cm³/mol. The van der Waals surface area contributed by atoms with E-state index in [0.717, 1.165) is 48.0 Å². The van der Waals surface area contributed by atoms with E-state index < -0.39 is 11.9 Å². The average Bonchev–Trinajstić information content (AvgIpc) is 4.00. The second kappa shape index (κ2) is 23.3. The number of carbonyl (C=O) groups excluding carboxylic acids is 4. The zero-order valence-electron chi connectivity index (χ0n) is 42.1. The Balaban J connectivity index is 0.00000817. The monoisotopic (exact) mass is 911 g/mol. The largest absolute Gasteiger partial charge is 2.00 e. The van der Waals surface area contributed by atoms with Gasteiger partial charge in [0.15, 0.2) is 11.6 Å². The number of esters is 2. The van der Waals surface area contributed by atoms with Gasteiger partial charge in [-0.05, 0) is 82.8 Å². The Hall–Kier alpha value is -4.09. The molecule has 2 aliphatic heterocycles. The topological polar surface area (TPSA) is 141 Å². The minimum atomic E-state index is -1.25. The van der Waals surface area contributed by atoms with Crippen molar-refractivity contribution in [2.75, 3.05) is 13.7 Å². The van der Waals surface area contributed by atoms with Gasteiger partial charge in [0.25, 0.3) is 0 Å². The number of fused-ring (bicyclic) bond motifs is 8. The molecule has 3 aromatic heterocycles. The number of carbonyl (C=O) groups is 4. The van der Waals surface area contributed by atoms with Gasteiger partial charge in [0.2, 0.25) is 0 Å². The number of hydrogen-bond acceptors (Lipinski definition) is 8. The maximum absolute atomic E-state index is 14.4. The van der Waals surface area contributed by atoms with Crippen LogP contribution in [0.5, 0.6) is 0 Å². The van der Waals surface area contributed by atoms with Crippen molar-refractivity contribution in [3.8, 4) is 0 Å². The van der Waals surface area contributed by atoms with Crippen LogP contribution in [-0.2, 0) is 19.1 Å². The Morgan fingerprint density at radius 1 is 0.773 bits per heavy atom. The number of aromatic nitrogens is 4. The van der Waals surface area contributed by atoms with E-state index in [1.807, 2.05) is 45.0 Å². The maximum atomic E-state index is 14.4. The van der Waals surface area contributed by atoms with Crippen molar-refractivity contribution < 1.29 is 28.7 Å². The molecule has 352 valence electrons. The van der Waals surface area contributed by atoms with E-state index in [4.69, 9.17) is 29.4 Å². The van der Waals surface area contributed by atoms with Crippen LogP contribution < -0.4 is 9.97 Å². The van der Waals surface area contributed by atoms with Crippen LogP contribution >= 0.6 is 0 Å². The molecule has 0 fully saturated rings. The van der Waals surface area contributed by atoms with Gasteiger partial charge in [-0.25, -0.2) is 0 Å². The first-order chi connectivity index (χ1) is 30.9. The zero-order valence-corrected chi connectivity index (χ0v) is 43.5. The molecule has 0 radical (unpaired) electrons. The third kappa shape index (κ3) is 11.8. The summed E-state index contributed by atoms with van der Waals surface area (Å²) in [5.74, 6) is -0.869. The molecule has 3 aliphatic rings. The van der Waals surface area contributed by atoms with Gasteiger partial charge in [0, 0.05) is 64.0 Å². The molecule has 8 bridgehead atoms. The van der Waals surface area contributed by atoms with Crippen LogP contribution in [0.25, 0.3) is 22.1 Å². The van der Waals surface area contributed by atoms with Gasteiger partial charge in [-0.1, -0.05) is 128 Å². The number of hydrogen-bond donors (Lipinski definition) is 0. The first-order valence-corrected chi connectivity index (χ1v) is 24.6. The molecular weight excluding hydrogens is 837 g/mol. The summed E-state index contributed by atoms with van der Waals surface area (Å²) in [5.41, 5.74) is 9.10. The summed E-state index contributed by atoms with van der Waals surface area (Å²) in [6, 6.07) is 5.79. The van der Waals surface area contributed by atoms with Crippen LogP contribution in [0.1, 0.15) is 229 Å². The minimum absolute atomic E-state index is 0. The van der Waals surface area contributed by atoms with Crippen molar-refractivity contribution in [3.05, 3.63) is 80.4 Å². The van der Waals surface area contributed by atoms with E-state index in [9.17, 15) is 19.2 Å². The van der Waals surface area contributed by atoms with Gasteiger partial charge < -0.3 is 19.4 Å². The summed E-state index contributed by atoms with van der Waals surface area (Å²) in [6.45, 7) is 23.3. The number of rotatable bonds is 20. The van der Waals surface area contributed by atoms with Crippen LogP contribution in [0.15, 0.2) is 29.8 Å². The zero-order chi connectivity index (χ0) is 47.3. The van der Waals surface area contributed by atoms with Gasteiger partial charge in [-0.2, -0.15) is 0 Å². The number of ketones is 2. The van der Waals surface area contributed by atoms with E-state index in [0.29, 0.717) is 68.0 Å². The Labute approximate surface area is 409 Å². The molecule has 5 heterocycles. The maximum Gasteiger partial charge on any atom is 2.00 e. The van der Waals surface area contributed by atoms with Crippen molar-refractivity contribution in [1.82, 2.24) is 19.9 Å². The van der Waals surface area contributed by atoms with Crippen LogP contribution in [-0.4, -0.2) is 70.2 Å². The molecule has 66 heavy (non-hydrogen) atoms. The predicted octanol–water partition coefficient (Wildman–Crippen LogP) is 12.4. The second-order valence-electron chi connectivity index (χ2n) is 20.2. The summed E-state index contributed by atoms with van der Waals surface area (Å²) < 4.78 is 11.0. The molecule has 0 saturated carbocycles. The second-order valence-corrected chi connectivity index (χ2v) is 20.2. The number of methoxy groups -OCH3 is 1. The first-order valence-electron chi connectivity index (χ1n) is 24.6. The van der Waals surface area contributed by atoms with Gasteiger partial charge in [0.1, 0.15) is 12.5 Å². The van der Waals surface area contributed by atoms with Crippen LogP contribution in [0.2, 0.25) is 0 Å². The Morgan fingerprint density at radius 2 is 1.36 bits per heavy atom. The van der Waals surface area contributed by atoms with E-state index in [-0.39, 0.29) is 77.3 Å². The van der Waals surface area contributed by atoms with Gasteiger partial charge in [-0.3, -0.25) is 29.1 Å². The van der Waals surface area contributed by atoms with Gasteiger partial charge in [0.05, 0.1) is 7.11 Å². The SMILES string of the molecule is CC[C@H]1c2cc3[n-]c4c(c3C)C(=O)[C@H](C(=O)OC)c4c3nc(cc4[n-]c(cc(n2)[C@@H]1C)c(C(C)=O)c4C)[C@@H](C)[C@@H]3CCC(=O)OC/C=C(\C)CCC[C@H](C)CCC[C@H](C)CCCC(C)C.[Mg+2]. The molecule has 0 saturated heterocycles. The third-order valence-corrected chi connectivity index (χ3v) is 14.8. The van der Waals surface area contributed by atoms with E-state index in [1.165, 1.54) is 57.6 Å². The number of allylic oxidation sites excluding steroid dienone is 1. The van der Waals surface area contributed by atoms with E-state index >= 15 is 0 Å². The number of ether oxygens (including phenoxy) is 2.